The van der Waals surface area contributed by atoms with E-state index >= 15 is 0 Å². The third kappa shape index (κ3) is 2.84. The van der Waals surface area contributed by atoms with Gasteiger partial charge in [-0.1, -0.05) is 23.2 Å². The van der Waals surface area contributed by atoms with Crippen LogP contribution in [0.5, 0.6) is 0 Å². The molecular formula is C11H8Cl2IN3O. The first-order valence-corrected chi connectivity index (χ1v) is 6.85. The number of rotatable bonds is 2. The van der Waals surface area contributed by atoms with Crippen LogP contribution in [0, 0.1) is 10.5 Å². The summed E-state index contributed by atoms with van der Waals surface area (Å²) in [5.74, 6) is 0. The zero-order chi connectivity index (χ0) is 13.3. The molecule has 0 unspecified atom stereocenters. The summed E-state index contributed by atoms with van der Waals surface area (Å²) >= 11 is 13.8. The lowest BCUT2D eigenvalue weighted by Gasteiger charge is -2.08. The first kappa shape index (κ1) is 13.8. The Balaban J connectivity index is 2.44. The smallest absolute Gasteiger partial charge is 0.267 e. The highest BCUT2D eigenvalue weighted by Crippen LogP contribution is 2.17. The molecule has 0 saturated carbocycles. The number of aromatic nitrogens is 3. The van der Waals surface area contributed by atoms with Crippen LogP contribution in [0.4, 0.5) is 0 Å². The van der Waals surface area contributed by atoms with Gasteiger partial charge in [0.15, 0.2) is 0 Å². The maximum absolute atomic E-state index is 12.0. The number of halogens is 3. The summed E-state index contributed by atoms with van der Waals surface area (Å²) in [6.07, 6.45) is 1.48. The summed E-state index contributed by atoms with van der Waals surface area (Å²) in [6, 6.07) is 3.26. The third-order valence-corrected chi connectivity index (χ3v) is 4.16. The van der Waals surface area contributed by atoms with Crippen LogP contribution in [0.15, 0.2) is 23.3 Å². The number of nitrogens with zero attached hydrogens (tertiary/aromatic N) is 3. The molecule has 2 aromatic rings. The van der Waals surface area contributed by atoms with Crippen molar-refractivity contribution >= 4 is 45.8 Å². The molecule has 4 nitrogen and oxygen atoms in total. The predicted octanol–water partition coefficient (Wildman–Crippen LogP) is 2.91. The topological polar surface area (TPSA) is 47.8 Å². The lowest BCUT2D eigenvalue weighted by molar-refractivity contribution is 0.708. The van der Waals surface area contributed by atoms with Gasteiger partial charge in [0.2, 0.25) is 0 Å². The maximum atomic E-state index is 12.0. The lowest BCUT2D eigenvalue weighted by atomic mass is 10.3. The largest absolute Gasteiger partial charge is 0.292 e. The predicted molar refractivity (Wildman–Crippen MR) is 79.3 cm³/mol. The highest BCUT2D eigenvalue weighted by atomic mass is 127. The van der Waals surface area contributed by atoms with Crippen molar-refractivity contribution in [2.45, 2.75) is 13.5 Å². The van der Waals surface area contributed by atoms with Gasteiger partial charge >= 0.3 is 0 Å². The molecule has 0 spiro atoms. The molecule has 0 aromatic carbocycles. The molecule has 0 N–H and O–H groups in total. The minimum absolute atomic E-state index is 0.110. The van der Waals surface area contributed by atoms with Crippen molar-refractivity contribution in [2.75, 3.05) is 0 Å². The average Bonchev–Trinajstić information content (AvgIpc) is 2.34. The van der Waals surface area contributed by atoms with E-state index in [0.717, 1.165) is 0 Å². The summed E-state index contributed by atoms with van der Waals surface area (Å²) in [7, 11) is 0. The van der Waals surface area contributed by atoms with Crippen molar-refractivity contribution in [3.63, 3.8) is 0 Å². The first-order valence-electron chi connectivity index (χ1n) is 5.01. The summed E-state index contributed by atoms with van der Waals surface area (Å²) in [5, 5.41) is 0.819. The Kier molecular flexibility index (Phi) is 4.24. The van der Waals surface area contributed by atoms with Crippen LogP contribution in [-0.2, 0) is 6.54 Å². The fraction of sp³-hybridized carbons (Fsp3) is 0.182. The third-order valence-electron chi connectivity index (χ3n) is 2.36. The minimum atomic E-state index is -0.110. The molecule has 0 atom stereocenters. The van der Waals surface area contributed by atoms with E-state index in [0.29, 0.717) is 25.1 Å². The molecule has 0 aliphatic heterocycles. The van der Waals surface area contributed by atoms with E-state index in [1.807, 2.05) is 22.6 Å². The second kappa shape index (κ2) is 5.54. The Morgan fingerprint density at radius 3 is 2.83 bits per heavy atom. The molecule has 94 valence electrons. The zero-order valence-corrected chi connectivity index (χ0v) is 13.0. The van der Waals surface area contributed by atoms with Gasteiger partial charge in [-0.3, -0.25) is 9.36 Å². The van der Waals surface area contributed by atoms with E-state index in [1.165, 1.54) is 10.9 Å². The molecule has 0 aliphatic rings. The van der Waals surface area contributed by atoms with E-state index in [-0.39, 0.29) is 12.1 Å². The molecule has 0 amide bonds. The van der Waals surface area contributed by atoms with Crippen molar-refractivity contribution in [3.8, 4) is 0 Å². The van der Waals surface area contributed by atoms with Gasteiger partial charge < -0.3 is 0 Å². The van der Waals surface area contributed by atoms with Crippen LogP contribution in [0.3, 0.4) is 0 Å². The molecule has 0 bridgehead atoms. The van der Waals surface area contributed by atoms with Gasteiger partial charge in [-0.15, -0.1) is 0 Å². The Bertz CT molecular complexity index is 657. The fourth-order valence-corrected chi connectivity index (χ4v) is 2.17. The minimum Gasteiger partial charge on any atom is -0.292 e. The van der Waals surface area contributed by atoms with Gasteiger partial charge in [0.05, 0.1) is 32.9 Å². The first-order chi connectivity index (χ1) is 8.49. The highest BCUT2D eigenvalue weighted by molar-refractivity contribution is 14.1. The molecule has 2 aromatic heterocycles. The SMILES string of the molecule is Cc1ncn(Cc2nc(Cl)ccc2Cl)c(=O)c1I. The summed E-state index contributed by atoms with van der Waals surface area (Å²) in [4.78, 5) is 20.2. The molecule has 0 radical (unpaired) electrons. The van der Waals surface area contributed by atoms with E-state index < -0.39 is 0 Å². The average molecular weight is 396 g/mol. The standard InChI is InChI=1S/C11H8Cl2IN3O/c1-6-10(14)11(18)17(5-15-6)4-8-7(12)2-3-9(13)16-8/h2-3,5H,4H2,1H3. The molecule has 0 fully saturated rings. The van der Waals surface area contributed by atoms with Crippen LogP contribution < -0.4 is 5.56 Å². The van der Waals surface area contributed by atoms with E-state index in [2.05, 4.69) is 9.97 Å². The Morgan fingerprint density at radius 2 is 2.11 bits per heavy atom. The second-order valence-corrected chi connectivity index (χ2v) is 5.51. The molecule has 0 aliphatic carbocycles. The molecule has 2 rings (SSSR count). The number of hydrogen-bond acceptors (Lipinski definition) is 3. The van der Waals surface area contributed by atoms with Gasteiger partial charge in [-0.25, -0.2) is 9.97 Å². The van der Waals surface area contributed by atoms with Crippen LogP contribution in [-0.4, -0.2) is 14.5 Å². The molecule has 18 heavy (non-hydrogen) atoms. The van der Waals surface area contributed by atoms with Gasteiger partial charge in [0.1, 0.15) is 5.15 Å². The van der Waals surface area contributed by atoms with Crippen molar-refractivity contribution in [3.05, 3.63) is 53.9 Å². The summed E-state index contributed by atoms with van der Waals surface area (Å²) < 4.78 is 2.05. The van der Waals surface area contributed by atoms with Crippen molar-refractivity contribution < 1.29 is 0 Å². The fourth-order valence-electron chi connectivity index (χ4n) is 1.39. The van der Waals surface area contributed by atoms with Crippen LogP contribution in [0.25, 0.3) is 0 Å². The Morgan fingerprint density at radius 1 is 1.39 bits per heavy atom. The number of hydrogen-bond donors (Lipinski definition) is 0. The van der Waals surface area contributed by atoms with Gasteiger partial charge in [0.25, 0.3) is 5.56 Å². The Hall–Kier alpha value is -0.660. The van der Waals surface area contributed by atoms with Crippen molar-refractivity contribution in [1.82, 2.24) is 14.5 Å². The zero-order valence-electron chi connectivity index (χ0n) is 9.32. The van der Waals surface area contributed by atoms with Crippen LogP contribution >= 0.6 is 45.8 Å². The molecule has 0 saturated heterocycles. The summed E-state index contributed by atoms with van der Waals surface area (Å²) in [5.41, 5.74) is 1.15. The van der Waals surface area contributed by atoms with Gasteiger partial charge in [-0.05, 0) is 41.6 Å². The van der Waals surface area contributed by atoms with Crippen molar-refractivity contribution in [1.29, 1.82) is 0 Å². The quantitative estimate of drug-likeness (QED) is 0.580. The molecular weight excluding hydrogens is 388 g/mol. The summed E-state index contributed by atoms with van der Waals surface area (Å²) in [6.45, 7) is 2.04. The highest BCUT2D eigenvalue weighted by Gasteiger charge is 2.09. The number of pyridine rings is 1. The molecule has 2 heterocycles. The van der Waals surface area contributed by atoms with Crippen LogP contribution in [0.1, 0.15) is 11.4 Å². The van der Waals surface area contributed by atoms with E-state index in [9.17, 15) is 4.79 Å². The van der Waals surface area contributed by atoms with Gasteiger partial charge in [0, 0.05) is 0 Å². The second-order valence-electron chi connectivity index (χ2n) is 3.64. The molecule has 7 heteroatoms. The Labute approximate surface area is 127 Å². The van der Waals surface area contributed by atoms with Crippen LogP contribution in [0.2, 0.25) is 10.2 Å². The van der Waals surface area contributed by atoms with E-state index in [4.69, 9.17) is 23.2 Å². The van der Waals surface area contributed by atoms with E-state index in [1.54, 1.807) is 19.1 Å². The lowest BCUT2D eigenvalue weighted by Crippen LogP contribution is -2.25. The van der Waals surface area contributed by atoms with Gasteiger partial charge in [-0.2, -0.15) is 0 Å². The number of aryl methyl sites for hydroxylation is 1. The maximum Gasteiger partial charge on any atom is 0.267 e. The normalized spacial score (nSPS) is 10.7. The van der Waals surface area contributed by atoms with Crippen molar-refractivity contribution in [2.24, 2.45) is 0 Å². The monoisotopic (exact) mass is 395 g/mol.